The average molecular weight is 352 g/mol. The Bertz CT molecular complexity index is 465. The van der Waals surface area contributed by atoms with E-state index in [2.05, 4.69) is 18.8 Å². The SMILES string of the molecule is CC(C)CCOCCn1cc(I)c(=O)[nH]c1=O. The molecule has 1 rings (SSSR count). The van der Waals surface area contributed by atoms with Gasteiger partial charge in [0.2, 0.25) is 0 Å². The Morgan fingerprint density at radius 1 is 1.41 bits per heavy atom. The molecule has 1 heterocycles. The van der Waals surface area contributed by atoms with Crippen LogP contribution in [0, 0.1) is 9.49 Å². The molecule has 1 aromatic heterocycles. The smallest absolute Gasteiger partial charge is 0.328 e. The van der Waals surface area contributed by atoms with Crippen LogP contribution in [0.5, 0.6) is 0 Å². The highest BCUT2D eigenvalue weighted by Gasteiger charge is 2.01. The van der Waals surface area contributed by atoms with Crippen molar-refractivity contribution in [3.05, 3.63) is 30.6 Å². The second-order valence-corrected chi connectivity index (χ2v) is 5.39. The number of aromatic nitrogens is 2. The lowest BCUT2D eigenvalue weighted by atomic mass is 10.1. The van der Waals surface area contributed by atoms with E-state index >= 15 is 0 Å². The summed E-state index contributed by atoms with van der Waals surface area (Å²) in [5.41, 5.74) is -0.726. The Morgan fingerprint density at radius 3 is 2.76 bits per heavy atom. The molecule has 0 saturated heterocycles. The molecule has 6 heteroatoms. The van der Waals surface area contributed by atoms with Crippen molar-refractivity contribution in [1.29, 1.82) is 0 Å². The first-order valence-electron chi connectivity index (χ1n) is 5.57. The number of nitrogens with zero attached hydrogens (tertiary/aromatic N) is 1. The van der Waals surface area contributed by atoms with Crippen LogP contribution >= 0.6 is 22.6 Å². The maximum Gasteiger partial charge on any atom is 0.328 e. The highest BCUT2D eigenvalue weighted by molar-refractivity contribution is 14.1. The Balaban J connectivity index is 2.45. The monoisotopic (exact) mass is 352 g/mol. The first-order chi connectivity index (χ1) is 8.00. The highest BCUT2D eigenvalue weighted by Crippen LogP contribution is 1.99. The average Bonchev–Trinajstić information content (AvgIpc) is 2.24. The third-order valence-corrected chi connectivity index (χ3v) is 3.05. The van der Waals surface area contributed by atoms with E-state index in [1.54, 1.807) is 6.20 Å². The van der Waals surface area contributed by atoms with Gasteiger partial charge in [-0.1, -0.05) is 13.8 Å². The van der Waals surface area contributed by atoms with Gasteiger partial charge in [0.1, 0.15) is 0 Å². The normalized spacial score (nSPS) is 11.1. The van der Waals surface area contributed by atoms with Crippen LogP contribution in [0.25, 0.3) is 0 Å². The number of hydrogen-bond donors (Lipinski definition) is 1. The molecule has 0 aliphatic carbocycles. The maximum atomic E-state index is 11.4. The summed E-state index contributed by atoms with van der Waals surface area (Å²) in [6.45, 7) is 5.92. The zero-order valence-electron chi connectivity index (χ0n) is 10.0. The first-order valence-corrected chi connectivity index (χ1v) is 6.65. The second-order valence-electron chi connectivity index (χ2n) is 4.22. The fourth-order valence-corrected chi connectivity index (χ4v) is 1.70. The summed E-state index contributed by atoms with van der Waals surface area (Å²) in [5.74, 6) is 0.617. The molecule has 5 nitrogen and oxygen atoms in total. The zero-order chi connectivity index (χ0) is 12.8. The molecule has 96 valence electrons. The summed E-state index contributed by atoms with van der Waals surface area (Å²) in [6.07, 6.45) is 2.56. The van der Waals surface area contributed by atoms with Crippen molar-refractivity contribution in [3.63, 3.8) is 0 Å². The molecule has 1 aromatic rings. The summed E-state index contributed by atoms with van der Waals surface area (Å²) in [4.78, 5) is 24.8. The molecule has 0 amide bonds. The number of ether oxygens (including phenoxy) is 1. The lowest BCUT2D eigenvalue weighted by Gasteiger charge is -2.08. The first kappa shape index (κ1) is 14.4. The van der Waals surface area contributed by atoms with Crippen molar-refractivity contribution in [2.45, 2.75) is 26.8 Å². The van der Waals surface area contributed by atoms with Crippen molar-refractivity contribution in [2.24, 2.45) is 5.92 Å². The molecule has 0 saturated carbocycles. The minimum absolute atomic E-state index is 0.340. The van der Waals surface area contributed by atoms with E-state index in [0.29, 0.717) is 29.2 Å². The summed E-state index contributed by atoms with van der Waals surface area (Å²) in [5, 5.41) is 0. The van der Waals surface area contributed by atoms with Crippen molar-refractivity contribution in [2.75, 3.05) is 13.2 Å². The van der Waals surface area contributed by atoms with Gasteiger partial charge in [-0.25, -0.2) is 4.79 Å². The third kappa shape index (κ3) is 5.03. The molecule has 1 N–H and O–H groups in total. The Labute approximate surface area is 113 Å². The number of nitrogens with one attached hydrogen (secondary N) is 1. The van der Waals surface area contributed by atoms with E-state index in [-0.39, 0.29) is 11.2 Å². The molecule has 0 fully saturated rings. The highest BCUT2D eigenvalue weighted by atomic mass is 127. The fourth-order valence-electron chi connectivity index (χ4n) is 1.23. The van der Waals surface area contributed by atoms with E-state index in [1.807, 2.05) is 22.6 Å². The molecular weight excluding hydrogens is 335 g/mol. The van der Waals surface area contributed by atoms with Gasteiger partial charge in [0, 0.05) is 12.8 Å². The van der Waals surface area contributed by atoms with E-state index in [0.717, 1.165) is 6.42 Å². The second kappa shape index (κ2) is 6.95. The van der Waals surface area contributed by atoms with Crippen LogP contribution in [-0.2, 0) is 11.3 Å². The number of rotatable bonds is 6. The van der Waals surface area contributed by atoms with E-state index in [9.17, 15) is 9.59 Å². The molecule has 0 aromatic carbocycles. The maximum absolute atomic E-state index is 11.4. The van der Waals surface area contributed by atoms with Gasteiger partial charge in [-0.15, -0.1) is 0 Å². The number of aromatic amines is 1. The Kier molecular flexibility index (Phi) is 5.90. The van der Waals surface area contributed by atoms with Crippen LogP contribution < -0.4 is 11.2 Å². The number of hydrogen-bond acceptors (Lipinski definition) is 3. The van der Waals surface area contributed by atoms with Crippen LogP contribution in [-0.4, -0.2) is 22.8 Å². The molecular formula is C11H17IN2O3. The lowest BCUT2D eigenvalue weighted by Crippen LogP contribution is -2.32. The van der Waals surface area contributed by atoms with Crippen LogP contribution in [0.2, 0.25) is 0 Å². The molecule has 0 atom stereocenters. The molecule has 0 radical (unpaired) electrons. The van der Waals surface area contributed by atoms with Crippen molar-refractivity contribution in [3.8, 4) is 0 Å². The van der Waals surface area contributed by atoms with Gasteiger partial charge < -0.3 is 4.74 Å². The van der Waals surface area contributed by atoms with Gasteiger partial charge in [0.25, 0.3) is 5.56 Å². The zero-order valence-corrected chi connectivity index (χ0v) is 12.2. The van der Waals surface area contributed by atoms with Crippen molar-refractivity contribution < 1.29 is 4.74 Å². The quantitative estimate of drug-likeness (QED) is 0.618. The molecule has 0 unspecified atom stereocenters. The standard InChI is InChI=1S/C11H17IN2O3/c1-8(2)3-5-17-6-4-14-7-9(12)10(15)13-11(14)16/h7-8H,3-6H2,1-2H3,(H,13,15,16). The van der Waals surface area contributed by atoms with Crippen LogP contribution in [0.3, 0.4) is 0 Å². The Morgan fingerprint density at radius 2 is 2.12 bits per heavy atom. The Hall–Kier alpha value is -0.630. The van der Waals surface area contributed by atoms with Gasteiger partial charge >= 0.3 is 5.69 Å². The molecule has 0 bridgehead atoms. The topological polar surface area (TPSA) is 64.1 Å². The number of halogens is 1. The van der Waals surface area contributed by atoms with Crippen LogP contribution in [0.4, 0.5) is 0 Å². The summed E-state index contributed by atoms with van der Waals surface area (Å²) < 4.78 is 7.38. The van der Waals surface area contributed by atoms with E-state index < -0.39 is 0 Å². The third-order valence-electron chi connectivity index (χ3n) is 2.28. The minimum Gasteiger partial charge on any atom is -0.380 e. The largest absolute Gasteiger partial charge is 0.380 e. The van der Waals surface area contributed by atoms with E-state index in [1.165, 1.54) is 4.57 Å². The number of H-pyrrole nitrogens is 1. The van der Waals surface area contributed by atoms with Crippen molar-refractivity contribution >= 4 is 22.6 Å². The fraction of sp³-hybridized carbons (Fsp3) is 0.636. The van der Waals surface area contributed by atoms with Gasteiger partial charge in [-0.3, -0.25) is 14.3 Å². The molecule has 0 aliphatic rings. The summed E-state index contributed by atoms with van der Waals surface area (Å²) in [6, 6.07) is 0. The van der Waals surface area contributed by atoms with Crippen molar-refractivity contribution in [1.82, 2.24) is 9.55 Å². The van der Waals surface area contributed by atoms with Crippen LogP contribution in [0.1, 0.15) is 20.3 Å². The van der Waals surface area contributed by atoms with Gasteiger partial charge in [-0.05, 0) is 34.9 Å². The van der Waals surface area contributed by atoms with Gasteiger partial charge in [-0.2, -0.15) is 0 Å². The van der Waals surface area contributed by atoms with Crippen LogP contribution in [0.15, 0.2) is 15.8 Å². The minimum atomic E-state index is -0.386. The van der Waals surface area contributed by atoms with E-state index in [4.69, 9.17) is 4.74 Å². The van der Waals surface area contributed by atoms with Gasteiger partial charge in [0.05, 0.1) is 16.7 Å². The molecule has 0 spiro atoms. The predicted molar refractivity (Wildman–Crippen MR) is 74.3 cm³/mol. The summed E-state index contributed by atoms with van der Waals surface area (Å²) in [7, 11) is 0. The summed E-state index contributed by atoms with van der Waals surface area (Å²) >= 11 is 1.90. The predicted octanol–water partition coefficient (Wildman–Crippen LogP) is 1.20. The molecule has 17 heavy (non-hydrogen) atoms. The molecule has 0 aliphatic heterocycles. The van der Waals surface area contributed by atoms with Gasteiger partial charge in [0.15, 0.2) is 0 Å². The lowest BCUT2D eigenvalue weighted by molar-refractivity contribution is 0.115.